The van der Waals surface area contributed by atoms with Crippen molar-refractivity contribution in [1.82, 2.24) is 4.72 Å². The van der Waals surface area contributed by atoms with Crippen LogP contribution in [0.2, 0.25) is 5.02 Å². The lowest BCUT2D eigenvalue weighted by molar-refractivity contribution is -0.116. The Labute approximate surface area is 180 Å². The molecule has 0 fully saturated rings. The van der Waals surface area contributed by atoms with Gasteiger partial charge in [0.05, 0.1) is 4.90 Å². The van der Waals surface area contributed by atoms with Gasteiger partial charge in [-0.25, -0.2) is 13.1 Å². The molecule has 0 saturated heterocycles. The van der Waals surface area contributed by atoms with Gasteiger partial charge in [-0.3, -0.25) is 4.79 Å². The molecule has 0 unspecified atom stereocenters. The highest BCUT2D eigenvalue weighted by molar-refractivity contribution is 7.89. The third-order valence-corrected chi connectivity index (χ3v) is 6.03. The van der Waals surface area contributed by atoms with Gasteiger partial charge in [0.1, 0.15) is 12.4 Å². The molecule has 0 spiro atoms. The molecule has 0 saturated carbocycles. The van der Waals surface area contributed by atoms with Crippen molar-refractivity contribution >= 4 is 33.2 Å². The van der Waals surface area contributed by atoms with Crippen LogP contribution in [0.25, 0.3) is 0 Å². The first-order chi connectivity index (χ1) is 14.4. The average Bonchev–Trinajstić information content (AvgIpc) is 2.75. The van der Waals surface area contributed by atoms with E-state index in [1.165, 1.54) is 12.1 Å². The maximum absolute atomic E-state index is 12.1. The molecule has 3 aromatic rings. The second kappa shape index (κ2) is 10.2. The maximum atomic E-state index is 12.1. The van der Waals surface area contributed by atoms with Crippen molar-refractivity contribution in [2.45, 2.75) is 17.9 Å². The fourth-order valence-electron chi connectivity index (χ4n) is 2.62. The molecule has 8 heteroatoms. The SMILES string of the molecule is O=C(CCNS(=O)(=O)c1ccccc1)Nc1ccc(OCc2ccccc2Cl)cc1. The largest absolute Gasteiger partial charge is 0.489 e. The highest BCUT2D eigenvalue weighted by atomic mass is 35.5. The van der Waals surface area contributed by atoms with Crippen molar-refractivity contribution in [3.05, 3.63) is 89.4 Å². The van der Waals surface area contributed by atoms with E-state index in [0.29, 0.717) is 23.1 Å². The highest BCUT2D eigenvalue weighted by Gasteiger charge is 2.13. The first kappa shape index (κ1) is 21.8. The Kier molecular flexibility index (Phi) is 7.46. The van der Waals surface area contributed by atoms with Crippen molar-refractivity contribution in [2.75, 3.05) is 11.9 Å². The van der Waals surface area contributed by atoms with E-state index < -0.39 is 10.0 Å². The van der Waals surface area contributed by atoms with Crippen LogP contribution in [0.1, 0.15) is 12.0 Å². The summed E-state index contributed by atoms with van der Waals surface area (Å²) in [5.41, 5.74) is 1.48. The third kappa shape index (κ3) is 6.32. The summed E-state index contributed by atoms with van der Waals surface area (Å²) in [6.45, 7) is 0.342. The number of carbonyl (C=O) groups is 1. The van der Waals surface area contributed by atoms with Gasteiger partial charge in [0, 0.05) is 29.2 Å². The molecule has 0 radical (unpaired) electrons. The molecule has 1 amide bonds. The number of sulfonamides is 1. The van der Waals surface area contributed by atoms with E-state index in [4.69, 9.17) is 16.3 Å². The van der Waals surface area contributed by atoms with Crippen LogP contribution >= 0.6 is 11.6 Å². The minimum atomic E-state index is -3.62. The topological polar surface area (TPSA) is 84.5 Å². The van der Waals surface area contributed by atoms with E-state index in [2.05, 4.69) is 10.0 Å². The smallest absolute Gasteiger partial charge is 0.240 e. The molecule has 0 aliphatic carbocycles. The summed E-state index contributed by atoms with van der Waals surface area (Å²) < 4.78 is 32.4. The van der Waals surface area contributed by atoms with Gasteiger partial charge in [-0.15, -0.1) is 0 Å². The Morgan fingerprint density at radius 1 is 0.900 bits per heavy atom. The fraction of sp³-hybridized carbons (Fsp3) is 0.136. The third-order valence-electron chi connectivity index (χ3n) is 4.19. The zero-order valence-electron chi connectivity index (χ0n) is 16.0. The van der Waals surface area contributed by atoms with E-state index in [9.17, 15) is 13.2 Å². The van der Waals surface area contributed by atoms with Crippen LogP contribution < -0.4 is 14.8 Å². The number of carbonyl (C=O) groups excluding carboxylic acids is 1. The molecular weight excluding hydrogens is 424 g/mol. The Morgan fingerprint density at radius 3 is 2.27 bits per heavy atom. The summed E-state index contributed by atoms with van der Waals surface area (Å²) in [7, 11) is -3.62. The lowest BCUT2D eigenvalue weighted by atomic mass is 10.2. The molecule has 2 N–H and O–H groups in total. The van der Waals surface area contributed by atoms with Crippen molar-refractivity contribution in [3.63, 3.8) is 0 Å². The Hall–Kier alpha value is -2.87. The summed E-state index contributed by atoms with van der Waals surface area (Å²) in [6, 6.07) is 22.4. The van der Waals surface area contributed by atoms with E-state index in [1.54, 1.807) is 48.5 Å². The molecule has 0 aliphatic heterocycles. The van der Waals surface area contributed by atoms with Crippen molar-refractivity contribution in [1.29, 1.82) is 0 Å². The van der Waals surface area contributed by atoms with E-state index in [-0.39, 0.29) is 23.8 Å². The predicted octanol–water partition coefficient (Wildman–Crippen LogP) is 4.23. The molecule has 3 aromatic carbocycles. The summed E-state index contributed by atoms with van der Waals surface area (Å²) in [5, 5.41) is 3.37. The predicted molar refractivity (Wildman–Crippen MR) is 117 cm³/mol. The van der Waals surface area contributed by atoms with Crippen LogP contribution in [0.4, 0.5) is 5.69 Å². The summed E-state index contributed by atoms with van der Waals surface area (Å²) in [6.07, 6.45) is 0.0107. The highest BCUT2D eigenvalue weighted by Crippen LogP contribution is 2.20. The summed E-state index contributed by atoms with van der Waals surface area (Å²) >= 11 is 6.11. The van der Waals surface area contributed by atoms with Gasteiger partial charge in [0.25, 0.3) is 0 Å². The van der Waals surface area contributed by atoms with Gasteiger partial charge in [-0.1, -0.05) is 48.0 Å². The molecule has 30 heavy (non-hydrogen) atoms. The minimum absolute atomic E-state index is 0.00207. The molecule has 0 heterocycles. The molecule has 0 atom stereocenters. The number of amides is 1. The number of ether oxygens (including phenoxy) is 1. The van der Waals surface area contributed by atoms with Crippen LogP contribution in [0.5, 0.6) is 5.75 Å². The maximum Gasteiger partial charge on any atom is 0.240 e. The number of rotatable bonds is 9. The van der Waals surface area contributed by atoms with Gasteiger partial charge in [-0.2, -0.15) is 0 Å². The fourth-order valence-corrected chi connectivity index (χ4v) is 3.86. The van der Waals surface area contributed by atoms with Gasteiger partial charge >= 0.3 is 0 Å². The number of nitrogens with one attached hydrogen (secondary N) is 2. The van der Waals surface area contributed by atoms with E-state index in [0.717, 1.165) is 5.56 Å². The first-order valence-corrected chi connectivity index (χ1v) is 11.1. The van der Waals surface area contributed by atoms with Crippen LogP contribution in [0.15, 0.2) is 83.8 Å². The second-order valence-corrected chi connectivity index (χ2v) is 8.59. The zero-order valence-corrected chi connectivity index (χ0v) is 17.6. The molecule has 0 aromatic heterocycles. The Bertz CT molecular complexity index is 1090. The zero-order chi connectivity index (χ0) is 21.4. The van der Waals surface area contributed by atoms with Crippen LogP contribution in [0, 0.1) is 0 Å². The van der Waals surface area contributed by atoms with Crippen LogP contribution in [-0.4, -0.2) is 20.9 Å². The lowest BCUT2D eigenvalue weighted by Crippen LogP contribution is -2.27. The molecule has 0 aliphatic rings. The standard InChI is InChI=1S/C22H21ClN2O4S/c23-21-9-5-4-6-17(21)16-29-19-12-10-18(11-13-19)25-22(26)14-15-24-30(27,28)20-7-2-1-3-8-20/h1-13,24H,14-16H2,(H,25,26). The number of hydrogen-bond donors (Lipinski definition) is 2. The van der Waals surface area contributed by atoms with Crippen LogP contribution in [0.3, 0.4) is 0 Å². The van der Waals surface area contributed by atoms with Gasteiger partial charge in [-0.05, 0) is 42.5 Å². The molecule has 0 bridgehead atoms. The number of benzene rings is 3. The van der Waals surface area contributed by atoms with E-state index >= 15 is 0 Å². The molecular formula is C22H21ClN2O4S. The number of anilines is 1. The molecule has 3 rings (SSSR count). The molecule has 156 valence electrons. The van der Waals surface area contributed by atoms with Gasteiger partial charge < -0.3 is 10.1 Å². The van der Waals surface area contributed by atoms with Crippen molar-refractivity contribution in [2.24, 2.45) is 0 Å². The normalized spacial score (nSPS) is 11.1. The Balaban J connectivity index is 1.45. The Morgan fingerprint density at radius 2 is 1.57 bits per heavy atom. The molecule has 6 nitrogen and oxygen atoms in total. The van der Waals surface area contributed by atoms with Crippen LogP contribution in [-0.2, 0) is 21.4 Å². The van der Waals surface area contributed by atoms with Gasteiger partial charge in [0.15, 0.2) is 0 Å². The quantitative estimate of drug-likeness (QED) is 0.517. The first-order valence-electron chi connectivity index (χ1n) is 9.25. The number of hydrogen-bond acceptors (Lipinski definition) is 4. The average molecular weight is 445 g/mol. The van der Waals surface area contributed by atoms with Crippen molar-refractivity contribution in [3.8, 4) is 5.75 Å². The van der Waals surface area contributed by atoms with E-state index in [1.807, 2.05) is 18.2 Å². The second-order valence-electron chi connectivity index (χ2n) is 6.41. The van der Waals surface area contributed by atoms with Crippen molar-refractivity contribution < 1.29 is 17.9 Å². The lowest BCUT2D eigenvalue weighted by Gasteiger charge is -2.10. The van der Waals surface area contributed by atoms with Gasteiger partial charge in [0.2, 0.25) is 15.9 Å². The summed E-state index contributed by atoms with van der Waals surface area (Å²) in [4.78, 5) is 12.2. The minimum Gasteiger partial charge on any atom is -0.489 e. The monoisotopic (exact) mass is 444 g/mol. The summed E-state index contributed by atoms with van der Waals surface area (Å²) in [5.74, 6) is 0.346. The number of halogens is 1.